The number of sulfonamides is 1. The number of ether oxygens (including phenoxy) is 2. The number of benzene rings is 2. The molecule has 0 aromatic heterocycles. The summed E-state index contributed by atoms with van der Waals surface area (Å²) in [6.07, 6.45) is 0.0676. The van der Waals surface area contributed by atoms with Gasteiger partial charge in [0.05, 0.1) is 31.3 Å². The molecule has 0 unspecified atom stereocenters. The lowest BCUT2D eigenvalue weighted by Gasteiger charge is -2.34. The van der Waals surface area contributed by atoms with Crippen LogP contribution in [0, 0.1) is 6.92 Å². The van der Waals surface area contributed by atoms with Gasteiger partial charge < -0.3 is 14.8 Å². The second kappa shape index (κ2) is 7.28. The van der Waals surface area contributed by atoms with Crippen LogP contribution >= 0.6 is 11.6 Å². The van der Waals surface area contributed by atoms with Gasteiger partial charge in [-0.25, -0.2) is 8.42 Å². The van der Waals surface area contributed by atoms with Crippen LogP contribution < -0.4 is 19.1 Å². The molecular weight excluding hydrogens is 392 g/mol. The molecule has 9 heteroatoms. The number of hydrogen-bond donors (Lipinski definition) is 1. The molecule has 27 heavy (non-hydrogen) atoms. The Kier molecular flexibility index (Phi) is 5.21. The average Bonchev–Trinajstić information content (AvgIpc) is 2.60. The van der Waals surface area contributed by atoms with Crippen molar-refractivity contribution < 1.29 is 22.7 Å². The van der Waals surface area contributed by atoms with E-state index in [2.05, 4.69) is 5.32 Å². The fraction of sp³-hybridized carbons (Fsp3) is 0.278. The number of nitrogens with one attached hydrogen (secondary N) is 1. The zero-order chi connectivity index (χ0) is 19.8. The van der Waals surface area contributed by atoms with Crippen molar-refractivity contribution >= 4 is 38.9 Å². The summed E-state index contributed by atoms with van der Waals surface area (Å²) in [7, 11) is -2.12. The average molecular weight is 411 g/mol. The van der Waals surface area contributed by atoms with Gasteiger partial charge in [0.1, 0.15) is 11.5 Å². The summed E-state index contributed by atoms with van der Waals surface area (Å²) in [5, 5.41) is 3.12. The number of hydrogen-bond acceptors (Lipinski definition) is 5. The van der Waals surface area contributed by atoms with Crippen molar-refractivity contribution in [2.24, 2.45) is 0 Å². The van der Waals surface area contributed by atoms with Crippen LogP contribution in [0.1, 0.15) is 5.56 Å². The van der Waals surface area contributed by atoms with Crippen LogP contribution in [0.25, 0.3) is 0 Å². The van der Waals surface area contributed by atoms with Crippen LogP contribution in [-0.2, 0) is 14.8 Å². The summed E-state index contributed by atoms with van der Waals surface area (Å²) in [5.41, 5.74) is 1.68. The molecule has 0 saturated carbocycles. The lowest BCUT2D eigenvalue weighted by Crippen LogP contribution is -2.48. The monoisotopic (exact) mass is 410 g/mol. The zero-order valence-electron chi connectivity index (χ0n) is 15.0. The Hall–Kier alpha value is -2.45. The topological polar surface area (TPSA) is 84.9 Å². The fourth-order valence-corrected chi connectivity index (χ4v) is 3.88. The van der Waals surface area contributed by atoms with E-state index in [1.807, 2.05) is 6.92 Å². The molecule has 2 aromatic rings. The Balaban J connectivity index is 1.91. The minimum Gasteiger partial charge on any atom is -0.495 e. The van der Waals surface area contributed by atoms with Crippen LogP contribution in [0.15, 0.2) is 36.4 Å². The smallest absolute Gasteiger partial charge is 0.267 e. The lowest BCUT2D eigenvalue weighted by molar-refractivity contribution is -0.122. The minimum absolute atomic E-state index is 0.135. The van der Waals surface area contributed by atoms with Crippen molar-refractivity contribution in [3.63, 3.8) is 0 Å². The molecule has 1 atom stereocenters. The van der Waals surface area contributed by atoms with Gasteiger partial charge in [-0.05, 0) is 42.8 Å². The summed E-state index contributed by atoms with van der Waals surface area (Å²) in [6.45, 7) is 1.72. The van der Waals surface area contributed by atoms with Gasteiger partial charge in [0.25, 0.3) is 5.91 Å². The van der Waals surface area contributed by atoms with Gasteiger partial charge in [0.15, 0.2) is 6.10 Å². The van der Waals surface area contributed by atoms with Gasteiger partial charge in [0, 0.05) is 5.02 Å². The third-order valence-corrected chi connectivity index (χ3v) is 5.48. The number of halogens is 1. The van der Waals surface area contributed by atoms with E-state index in [0.29, 0.717) is 27.9 Å². The van der Waals surface area contributed by atoms with Crippen molar-refractivity contribution in [3.05, 3.63) is 47.0 Å². The number of carbonyl (C=O) groups excluding carboxylic acids is 1. The Morgan fingerprint density at radius 3 is 2.70 bits per heavy atom. The van der Waals surface area contributed by atoms with E-state index in [-0.39, 0.29) is 6.54 Å². The van der Waals surface area contributed by atoms with Crippen LogP contribution in [0.5, 0.6) is 11.5 Å². The highest BCUT2D eigenvalue weighted by molar-refractivity contribution is 7.92. The summed E-state index contributed by atoms with van der Waals surface area (Å²) < 4.78 is 36.6. The minimum atomic E-state index is -3.59. The fourth-order valence-electron chi connectivity index (χ4n) is 2.80. The molecule has 0 bridgehead atoms. The normalized spacial score (nSPS) is 16.3. The number of rotatable bonds is 4. The summed E-state index contributed by atoms with van der Waals surface area (Å²) in [5.74, 6) is 0.255. The van der Waals surface area contributed by atoms with Crippen LogP contribution in [0.2, 0.25) is 5.02 Å². The molecule has 1 heterocycles. The molecule has 0 radical (unpaired) electrons. The molecule has 0 fully saturated rings. The maximum Gasteiger partial charge on any atom is 0.267 e. The van der Waals surface area contributed by atoms with Gasteiger partial charge in [-0.15, -0.1) is 0 Å². The van der Waals surface area contributed by atoms with Gasteiger partial charge in [-0.2, -0.15) is 0 Å². The molecule has 0 saturated heterocycles. The van der Waals surface area contributed by atoms with Crippen molar-refractivity contribution in [2.45, 2.75) is 13.0 Å². The Morgan fingerprint density at radius 2 is 2.04 bits per heavy atom. The molecule has 1 N–H and O–H groups in total. The first-order valence-corrected chi connectivity index (χ1v) is 10.3. The number of amides is 1. The molecule has 1 aliphatic rings. The number of anilines is 2. The first-order chi connectivity index (χ1) is 12.7. The predicted octanol–water partition coefficient (Wildman–Crippen LogP) is 2.82. The maximum absolute atomic E-state index is 12.7. The van der Waals surface area contributed by atoms with E-state index in [1.165, 1.54) is 11.4 Å². The van der Waals surface area contributed by atoms with E-state index in [1.54, 1.807) is 36.4 Å². The second-order valence-corrected chi connectivity index (χ2v) is 8.55. The number of fused-ring (bicyclic) bond motifs is 1. The molecule has 7 nitrogen and oxygen atoms in total. The van der Waals surface area contributed by atoms with Crippen molar-refractivity contribution in [3.8, 4) is 11.5 Å². The largest absolute Gasteiger partial charge is 0.495 e. The standard InChI is InChI=1S/C18H19ClN2O5S/c1-11-4-6-16-14(8-11)21(27(3,23)24)10-17(26-16)18(22)20-13-9-12(19)5-7-15(13)25-2/h4-9,17H,10H2,1-3H3,(H,20,22)/t17-/m0/s1. The van der Waals surface area contributed by atoms with Crippen LogP contribution in [0.3, 0.4) is 0 Å². The Morgan fingerprint density at radius 1 is 1.30 bits per heavy atom. The number of carbonyl (C=O) groups is 1. The summed E-state index contributed by atoms with van der Waals surface area (Å²) >= 11 is 5.98. The zero-order valence-corrected chi connectivity index (χ0v) is 16.6. The first kappa shape index (κ1) is 19.3. The van der Waals surface area contributed by atoms with E-state index in [4.69, 9.17) is 21.1 Å². The van der Waals surface area contributed by atoms with Crippen LogP contribution in [-0.4, -0.2) is 40.3 Å². The predicted molar refractivity (Wildman–Crippen MR) is 104 cm³/mol. The molecule has 2 aromatic carbocycles. The van der Waals surface area contributed by atoms with Gasteiger partial charge in [0.2, 0.25) is 10.0 Å². The molecule has 1 amide bonds. The molecule has 3 rings (SSSR count). The maximum atomic E-state index is 12.7. The first-order valence-electron chi connectivity index (χ1n) is 8.08. The summed E-state index contributed by atoms with van der Waals surface area (Å²) in [6, 6.07) is 9.97. The van der Waals surface area contributed by atoms with E-state index in [0.717, 1.165) is 11.8 Å². The highest BCUT2D eigenvalue weighted by Gasteiger charge is 2.35. The van der Waals surface area contributed by atoms with E-state index < -0.39 is 22.0 Å². The van der Waals surface area contributed by atoms with Crippen molar-refractivity contribution in [1.29, 1.82) is 0 Å². The second-order valence-electron chi connectivity index (χ2n) is 6.21. The molecule has 144 valence electrons. The highest BCUT2D eigenvalue weighted by atomic mass is 35.5. The third kappa shape index (κ3) is 4.12. The molecular formula is C18H19ClN2O5S. The number of aryl methyl sites for hydroxylation is 1. The van der Waals surface area contributed by atoms with E-state index >= 15 is 0 Å². The number of methoxy groups -OCH3 is 1. The molecule has 0 spiro atoms. The third-order valence-electron chi connectivity index (χ3n) is 4.10. The Labute approximate surface area is 162 Å². The molecule has 0 aliphatic carbocycles. The van der Waals surface area contributed by atoms with E-state index in [9.17, 15) is 13.2 Å². The van der Waals surface area contributed by atoms with Gasteiger partial charge in [-0.3, -0.25) is 9.10 Å². The summed E-state index contributed by atoms with van der Waals surface area (Å²) in [4.78, 5) is 12.7. The Bertz CT molecular complexity index is 993. The SMILES string of the molecule is COc1ccc(Cl)cc1NC(=O)[C@@H]1CN(S(C)(=O)=O)c2cc(C)ccc2O1. The van der Waals surface area contributed by atoms with Crippen molar-refractivity contribution in [1.82, 2.24) is 0 Å². The van der Waals surface area contributed by atoms with Gasteiger partial charge >= 0.3 is 0 Å². The lowest BCUT2D eigenvalue weighted by atomic mass is 10.1. The number of nitrogens with zero attached hydrogens (tertiary/aromatic N) is 1. The van der Waals surface area contributed by atoms with Crippen molar-refractivity contribution in [2.75, 3.05) is 29.5 Å². The highest BCUT2D eigenvalue weighted by Crippen LogP contribution is 2.36. The van der Waals surface area contributed by atoms with Crippen LogP contribution in [0.4, 0.5) is 11.4 Å². The molecule has 1 aliphatic heterocycles. The van der Waals surface area contributed by atoms with Gasteiger partial charge in [-0.1, -0.05) is 17.7 Å². The quantitative estimate of drug-likeness (QED) is 0.837.